The van der Waals surface area contributed by atoms with E-state index in [1.165, 1.54) is 17.1 Å². The number of amides is 1. The molecule has 0 saturated carbocycles. The summed E-state index contributed by atoms with van der Waals surface area (Å²) in [6, 6.07) is 18.2. The van der Waals surface area contributed by atoms with Gasteiger partial charge in [-0.1, -0.05) is 54.6 Å². The minimum atomic E-state index is 0.0127. The van der Waals surface area contributed by atoms with Gasteiger partial charge < -0.3 is 5.32 Å². The average molecular weight is 353 g/mol. The van der Waals surface area contributed by atoms with Crippen LogP contribution in [0.5, 0.6) is 0 Å². The molecule has 0 aliphatic carbocycles. The van der Waals surface area contributed by atoms with Crippen molar-refractivity contribution in [3.8, 4) is 0 Å². The van der Waals surface area contributed by atoms with Gasteiger partial charge >= 0.3 is 0 Å². The minimum Gasteiger partial charge on any atom is -0.326 e. The molecule has 130 valence electrons. The second kappa shape index (κ2) is 9.44. The molecule has 0 radical (unpaired) electrons. The first-order valence-electron chi connectivity index (χ1n) is 8.70. The third-order valence-corrected chi connectivity index (χ3v) is 5.08. The summed E-state index contributed by atoms with van der Waals surface area (Å²) in [6.45, 7) is 3.25. The highest BCUT2D eigenvalue weighted by molar-refractivity contribution is 7.99. The number of carbonyl (C=O) groups excluding carboxylic acids is 1. The van der Waals surface area contributed by atoms with Crippen LogP contribution in [0.2, 0.25) is 0 Å². The molecule has 3 nitrogen and oxygen atoms in total. The largest absolute Gasteiger partial charge is 0.326 e. The predicted octanol–water partition coefficient (Wildman–Crippen LogP) is 4.28. The van der Waals surface area contributed by atoms with E-state index in [1.807, 2.05) is 66.4 Å². The molecule has 1 aliphatic rings. The second-order valence-corrected chi connectivity index (χ2v) is 7.38. The fraction of sp³-hybridized carbons (Fsp3) is 0.286. The van der Waals surface area contributed by atoms with Gasteiger partial charge in [-0.15, -0.1) is 0 Å². The zero-order chi connectivity index (χ0) is 17.3. The van der Waals surface area contributed by atoms with Gasteiger partial charge in [0, 0.05) is 43.2 Å². The molecule has 4 heteroatoms. The van der Waals surface area contributed by atoms with Crippen molar-refractivity contribution in [1.29, 1.82) is 0 Å². The Hall–Kier alpha value is -2.04. The Labute approximate surface area is 154 Å². The summed E-state index contributed by atoms with van der Waals surface area (Å²) in [5.41, 5.74) is 3.24. The molecule has 1 fully saturated rings. The fourth-order valence-corrected chi connectivity index (χ4v) is 3.82. The summed E-state index contributed by atoms with van der Waals surface area (Å²) < 4.78 is 0. The third-order valence-electron chi connectivity index (χ3n) is 4.13. The Morgan fingerprint density at radius 3 is 2.68 bits per heavy atom. The lowest BCUT2D eigenvalue weighted by atomic mass is 10.1. The lowest BCUT2D eigenvalue weighted by molar-refractivity contribution is -0.115. The molecule has 2 aromatic rings. The smallest absolute Gasteiger partial charge is 0.228 e. The first kappa shape index (κ1) is 17.8. The van der Waals surface area contributed by atoms with E-state index < -0.39 is 0 Å². The van der Waals surface area contributed by atoms with Crippen LogP contribution in [0, 0.1) is 0 Å². The summed E-state index contributed by atoms with van der Waals surface area (Å²) in [5.74, 6) is 2.44. The molecular weight excluding hydrogens is 328 g/mol. The molecule has 0 atom stereocenters. The maximum atomic E-state index is 12.1. The monoisotopic (exact) mass is 352 g/mol. The van der Waals surface area contributed by atoms with Crippen molar-refractivity contribution in [2.45, 2.75) is 13.0 Å². The number of benzene rings is 2. The zero-order valence-electron chi connectivity index (χ0n) is 14.4. The van der Waals surface area contributed by atoms with Gasteiger partial charge in [0.25, 0.3) is 0 Å². The number of nitrogens with zero attached hydrogens (tertiary/aromatic N) is 1. The molecule has 1 heterocycles. The highest BCUT2D eigenvalue weighted by atomic mass is 32.2. The number of hydrogen-bond acceptors (Lipinski definition) is 3. The van der Waals surface area contributed by atoms with Gasteiger partial charge in [0.15, 0.2) is 0 Å². The van der Waals surface area contributed by atoms with Crippen LogP contribution in [0.15, 0.2) is 60.7 Å². The first-order valence-corrected chi connectivity index (χ1v) is 9.85. The molecular formula is C21H24N2OS. The molecule has 1 aliphatic heterocycles. The van der Waals surface area contributed by atoms with Crippen LogP contribution in [-0.4, -0.2) is 35.4 Å². The standard InChI is InChI=1S/C21H24N2OS/c24-21(11-5-8-18-6-2-1-3-7-18)22-20-10-4-9-19(16-20)17-23-12-14-25-15-13-23/h1-10,16H,11-15,17H2,(H,22,24)/b8-5+. The van der Waals surface area contributed by atoms with Gasteiger partial charge in [0.2, 0.25) is 5.91 Å². The Morgan fingerprint density at radius 1 is 1.08 bits per heavy atom. The lowest BCUT2D eigenvalue weighted by Gasteiger charge is -2.26. The summed E-state index contributed by atoms with van der Waals surface area (Å²) in [6.07, 6.45) is 4.26. The number of carbonyl (C=O) groups is 1. The highest BCUT2D eigenvalue weighted by Gasteiger charge is 2.11. The van der Waals surface area contributed by atoms with Crippen LogP contribution in [0.4, 0.5) is 5.69 Å². The molecule has 0 bridgehead atoms. The van der Waals surface area contributed by atoms with Gasteiger partial charge in [0.1, 0.15) is 0 Å². The van der Waals surface area contributed by atoms with E-state index in [4.69, 9.17) is 0 Å². The van der Waals surface area contributed by atoms with Crippen LogP contribution in [0.1, 0.15) is 17.5 Å². The van der Waals surface area contributed by atoms with Gasteiger partial charge in [0.05, 0.1) is 0 Å². The van der Waals surface area contributed by atoms with Gasteiger partial charge in [-0.05, 0) is 23.3 Å². The molecule has 25 heavy (non-hydrogen) atoms. The normalized spacial score (nSPS) is 15.4. The molecule has 0 spiro atoms. The molecule has 1 N–H and O–H groups in total. The highest BCUT2D eigenvalue weighted by Crippen LogP contribution is 2.16. The SMILES string of the molecule is O=C(C/C=C/c1ccccc1)Nc1cccc(CN2CCSCC2)c1. The van der Waals surface area contributed by atoms with Crippen molar-refractivity contribution in [2.75, 3.05) is 29.9 Å². The average Bonchev–Trinajstić information content (AvgIpc) is 2.64. The van der Waals surface area contributed by atoms with Crippen molar-refractivity contribution in [3.05, 3.63) is 71.8 Å². The summed E-state index contributed by atoms with van der Waals surface area (Å²) in [7, 11) is 0. The van der Waals surface area contributed by atoms with Crippen LogP contribution >= 0.6 is 11.8 Å². The number of rotatable bonds is 6. The van der Waals surface area contributed by atoms with E-state index in [0.717, 1.165) is 30.9 Å². The van der Waals surface area contributed by atoms with Gasteiger partial charge in [-0.2, -0.15) is 11.8 Å². The van der Waals surface area contributed by atoms with Crippen LogP contribution in [0.25, 0.3) is 6.08 Å². The Morgan fingerprint density at radius 2 is 1.88 bits per heavy atom. The summed E-state index contributed by atoms with van der Waals surface area (Å²) >= 11 is 2.02. The van der Waals surface area contributed by atoms with Crippen molar-refractivity contribution in [1.82, 2.24) is 4.90 Å². The first-order chi connectivity index (χ1) is 12.3. The number of nitrogens with one attached hydrogen (secondary N) is 1. The second-order valence-electron chi connectivity index (χ2n) is 6.15. The zero-order valence-corrected chi connectivity index (χ0v) is 15.2. The Kier molecular flexibility index (Phi) is 6.71. The van der Waals surface area contributed by atoms with Crippen LogP contribution < -0.4 is 5.32 Å². The molecule has 0 aromatic heterocycles. The number of anilines is 1. The molecule has 3 rings (SSSR count). The van der Waals surface area contributed by atoms with E-state index in [-0.39, 0.29) is 5.91 Å². The van der Waals surface area contributed by atoms with Crippen molar-refractivity contribution in [3.63, 3.8) is 0 Å². The van der Waals surface area contributed by atoms with Crippen LogP contribution in [0.3, 0.4) is 0 Å². The third kappa shape index (κ3) is 6.07. The van der Waals surface area contributed by atoms with Gasteiger partial charge in [-0.3, -0.25) is 9.69 Å². The Balaban J connectivity index is 1.50. The van der Waals surface area contributed by atoms with Crippen LogP contribution in [-0.2, 0) is 11.3 Å². The van der Waals surface area contributed by atoms with Crippen molar-refractivity contribution >= 4 is 29.4 Å². The van der Waals surface area contributed by atoms with E-state index in [0.29, 0.717) is 6.42 Å². The van der Waals surface area contributed by atoms with Gasteiger partial charge in [-0.25, -0.2) is 0 Å². The maximum Gasteiger partial charge on any atom is 0.228 e. The van der Waals surface area contributed by atoms with Crippen molar-refractivity contribution < 1.29 is 4.79 Å². The topological polar surface area (TPSA) is 32.3 Å². The summed E-state index contributed by atoms with van der Waals surface area (Å²) in [5, 5.41) is 2.99. The number of hydrogen-bond donors (Lipinski definition) is 1. The lowest BCUT2D eigenvalue weighted by Crippen LogP contribution is -2.31. The Bertz CT molecular complexity index is 709. The van der Waals surface area contributed by atoms with Crippen molar-refractivity contribution in [2.24, 2.45) is 0 Å². The molecule has 0 unspecified atom stereocenters. The fourth-order valence-electron chi connectivity index (χ4n) is 2.84. The van der Waals surface area contributed by atoms with E-state index in [1.54, 1.807) is 0 Å². The van der Waals surface area contributed by atoms with E-state index in [2.05, 4.69) is 22.3 Å². The maximum absolute atomic E-state index is 12.1. The molecule has 1 saturated heterocycles. The van der Waals surface area contributed by atoms with E-state index in [9.17, 15) is 4.79 Å². The quantitative estimate of drug-likeness (QED) is 0.842. The molecule has 2 aromatic carbocycles. The predicted molar refractivity (Wildman–Crippen MR) is 108 cm³/mol. The van der Waals surface area contributed by atoms with E-state index >= 15 is 0 Å². The summed E-state index contributed by atoms with van der Waals surface area (Å²) in [4.78, 5) is 14.6. The number of thioether (sulfide) groups is 1. The minimum absolute atomic E-state index is 0.0127. The molecule has 1 amide bonds.